The van der Waals surface area contributed by atoms with Gasteiger partial charge in [0.25, 0.3) is 0 Å². The van der Waals surface area contributed by atoms with Crippen molar-refractivity contribution in [3.63, 3.8) is 0 Å². The highest BCUT2D eigenvalue weighted by atomic mass is 32.1. The quantitative estimate of drug-likeness (QED) is 0.496. The second kappa shape index (κ2) is 2.88. The van der Waals surface area contributed by atoms with Crippen molar-refractivity contribution in [2.45, 2.75) is 18.9 Å². The van der Waals surface area contributed by atoms with Gasteiger partial charge in [0, 0.05) is 12.8 Å². The minimum atomic E-state index is 0.288. The third-order valence-corrected chi connectivity index (χ3v) is 2.46. The molecule has 2 heteroatoms. The molecule has 0 aromatic heterocycles. The lowest BCUT2D eigenvalue weighted by Crippen LogP contribution is -2.05. The standard InChI is InChI=1S/C9H10OS/c11-10-9-5-7-3-1-2-4-8(7)6-9/h1-4,9,11H,5-6H2. The third kappa shape index (κ3) is 1.28. The predicted molar refractivity (Wildman–Crippen MR) is 47.7 cm³/mol. The van der Waals surface area contributed by atoms with E-state index in [4.69, 9.17) is 4.18 Å². The lowest BCUT2D eigenvalue weighted by molar-refractivity contribution is 0.261. The van der Waals surface area contributed by atoms with Crippen LogP contribution in [0.5, 0.6) is 0 Å². The predicted octanol–water partition coefficient (Wildman–Crippen LogP) is 2.02. The first kappa shape index (κ1) is 7.19. The number of thiol groups is 1. The number of hydrogen-bond acceptors (Lipinski definition) is 2. The summed E-state index contributed by atoms with van der Waals surface area (Å²) >= 11 is 3.82. The number of benzene rings is 1. The van der Waals surface area contributed by atoms with E-state index in [1.54, 1.807) is 0 Å². The average molecular weight is 166 g/mol. The summed E-state index contributed by atoms with van der Waals surface area (Å²) in [4.78, 5) is 0. The van der Waals surface area contributed by atoms with Crippen molar-refractivity contribution < 1.29 is 4.18 Å². The van der Waals surface area contributed by atoms with Gasteiger partial charge in [0.05, 0.1) is 6.10 Å². The van der Waals surface area contributed by atoms with Crippen molar-refractivity contribution in [2.75, 3.05) is 0 Å². The molecule has 0 N–H and O–H groups in total. The van der Waals surface area contributed by atoms with Crippen molar-refractivity contribution in [2.24, 2.45) is 0 Å². The van der Waals surface area contributed by atoms with Crippen LogP contribution < -0.4 is 0 Å². The monoisotopic (exact) mass is 166 g/mol. The second-order valence-electron chi connectivity index (χ2n) is 2.90. The molecule has 1 aromatic carbocycles. The molecule has 0 unspecified atom stereocenters. The van der Waals surface area contributed by atoms with E-state index in [0.717, 1.165) is 12.8 Å². The zero-order valence-electron chi connectivity index (χ0n) is 6.16. The van der Waals surface area contributed by atoms with Crippen LogP contribution in [0.3, 0.4) is 0 Å². The Morgan fingerprint density at radius 1 is 1.18 bits per heavy atom. The maximum Gasteiger partial charge on any atom is 0.0799 e. The average Bonchev–Trinajstić information content (AvgIpc) is 2.46. The van der Waals surface area contributed by atoms with Crippen LogP contribution in [0.2, 0.25) is 0 Å². The number of rotatable bonds is 1. The summed E-state index contributed by atoms with van der Waals surface area (Å²) in [5.41, 5.74) is 2.82. The van der Waals surface area contributed by atoms with E-state index in [-0.39, 0.29) is 6.10 Å². The highest BCUT2D eigenvalue weighted by Crippen LogP contribution is 2.23. The van der Waals surface area contributed by atoms with Crippen molar-refractivity contribution in [3.8, 4) is 0 Å². The first-order chi connectivity index (χ1) is 5.40. The van der Waals surface area contributed by atoms with Gasteiger partial charge in [-0.25, -0.2) is 0 Å². The van der Waals surface area contributed by atoms with Gasteiger partial charge in [-0.15, -0.1) is 0 Å². The molecule has 0 radical (unpaired) electrons. The molecule has 11 heavy (non-hydrogen) atoms. The maximum atomic E-state index is 4.99. The van der Waals surface area contributed by atoms with E-state index in [1.165, 1.54) is 11.1 Å². The lowest BCUT2D eigenvalue weighted by atomic mass is 10.1. The Morgan fingerprint density at radius 3 is 2.18 bits per heavy atom. The molecular weight excluding hydrogens is 156 g/mol. The topological polar surface area (TPSA) is 9.23 Å². The van der Waals surface area contributed by atoms with Crippen molar-refractivity contribution >= 4 is 12.9 Å². The van der Waals surface area contributed by atoms with Crippen LogP contribution in [0.1, 0.15) is 11.1 Å². The van der Waals surface area contributed by atoms with E-state index in [2.05, 4.69) is 37.2 Å². The fourth-order valence-corrected chi connectivity index (χ4v) is 1.74. The molecule has 0 bridgehead atoms. The van der Waals surface area contributed by atoms with Gasteiger partial charge in [-0.1, -0.05) is 24.3 Å². The van der Waals surface area contributed by atoms with Crippen LogP contribution in [0.15, 0.2) is 24.3 Å². The summed E-state index contributed by atoms with van der Waals surface area (Å²) in [5.74, 6) is 0. The second-order valence-corrected chi connectivity index (χ2v) is 3.12. The van der Waals surface area contributed by atoms with E-state index in [0.29, 0.717) is 0 Å². The molecular formula is C9H10OS. The summed E-state index contributed by atoms with van der Waals surface area (Å²) in [6.07, 6.45) is 2.31. The number of hydrogen-bond donors (Lipinski definition) is 1. The molecule has 1 aliphatic carbocycles. The summed E-state index contributed by atoms with van der Waals surface area (Å²) in [6.45, 7) is 0. The highest BCUT2D eigenvalue weighted by Gasteiger charge is 2.20. The molecule has 0 saturated carbocycles. The van der Waals surface area contributed by atoms with Crippen LogP contribution >= 0.6 is 12.9 Å². The summed E-state index contributed by atoms with van der Waals surface area (Å²) in [5, 5.41) is 0. The molecule has 1 aliphatic rings. The maximum absolute atomic E-state index is 4.99. The van der Waals surface area contributed by atoms with E-state index < -0.39 is 0 Å². The van der Waals surface area contributed by atoms with Crippen LogP contribution in [-0.2, 0) is 17.0 Å². The molecule has 0 amide bonds. The first-order valence-electron chi connectivity index (χ1n) is 3.77. The highest BCUT2D eigenvalue weighted by molar-refractivity contribution is 7.75. The zero-order valence-corrected chi connectivity index (χ0v) is 7.05. The summed E-state index contributed by atoms with van der Waals surface area (Å²) in [7, 11) is 0. The fraction of sp³-hybridized carbons (Fsp3) is 0.333. The minimum Gasteiger partial charge on any atom is -0.315 e. The molecule has 1 nitrogen and oxygen atoms in total. The van der Waals surface area contributed by atoms with Crippen molar-refractivity contribution in [1.29, 1.82) is 0 Å². The summed E-state index contributed by atoms with van der Waals surface area (Å²) in [6, 6.07) is 8.45. The summed E-state index contributed by atoms with van der Waals surface area (Å²) < 4.78 is 4.99. The van der Waals surface area contributed by atoms with Gasteiger partial charge >= 0.3 is 0 Å². The Labute approximate surface area is 72.0 Å². The molecule has 0 spiro atoms. The lowest BCUT2D eigenvalue weighted by Gasteiger charge is -2.01. The zero-order chi connectivity index (χ0) is 7.68. The van der Waals surface area contributed by atoms with Crippen LogP contribution in [0.4, 0.5) is 0 Å². The van der Waals surface area contributed by atoms with E-state index in [9.17, 15) is 0 Å². The molecule has 0 heterocycles. The van der Waals surface area contributed by atoms with Crippen LogP contribution in [-0.4, -0.2) is 6.10 Å². The third-order valence-electron chi connectivity index (χ3n) is 2.16. The molecule has 0 fully saturated rings. The van der Waals surface area contributed by atoms with Gasteiger partial charge in [-0.05, 0) is 24.0 Å². The van der Waals surface area contributed by atoms with Crippen molar-refractivity contribution in [3.05, 3.63) is 35.4 Å². The van der Waals surface area contributed by atoms with E-state index in [1.807, 2.05) is 0 Å². The fourth-order valence-electron chi connectivity index (χ4n) is 1.59. The van der Waals surface area contributed by atoms with Gasteiger partial charge in [0.2, 0.25) is 0 Å². The molecule has 0 aliphatic heterocycles. The van der Waals surface area contributed by atoms with Crippen molar-refractivity contribution in [1.82, 2.24) is 0 Å². The SMILES string of the molecule is SOC1Cc2ccccc2C1. The normalized spacial score (nSPS) is 16.8. The Hall–Kier alpha value is -0.470. The van der Waals surface area contributed by atoms with Crippen LogP contribution in [0.25, 0.3) is 0 Å². The molecule has 58 valence electrons. The van der Waals surface area contributed by atoms with Gasteiger partial charge < -0.3 is 4.18 Å². The Bertz CT molecular complexity index is 234. The largest absolute Gasteiger partial charge is 0.315 e. The molecule has 0 saturated heterocycles. The van der Waals surface area contributed by atoms with Gasteiger partial charge in [-0.3, -0.25) is 0 Å². The Kier molecular flexibility index (Phi) is 1.88. The van der Waals surface area contributed by atoms with Crippen LogP contribution in [0, 0.1) is 0 Å². The number of fused-ring (bicyclic) bond motifs is 1. The minimum absolute atomic E-state index is 0.288. The van der Waals surface area contributed by atoms with Gasteiger partial charge in [0.15, 0.2) is 0 Å². The Balaban J connectivity index is 2.27. The Morgan fingerprint density at radius 2 is 1.73 bits per heavy atom. The smallest absolute Gasteiger partial charge is 0.0799 e. The first-order valence-corrected chi connectivity index (χ1v) is 4.13. The van der Waals surface area contributed by atoms with E-state index >= 15 is 0 Å². The van der Waals surface area contributed by atoms with Gasteiger partial charge in [0.1, 0.15) is 0 Å². The molecule has 2 rings (SSSR count). The molecule has 1 aromatic rings. The molecule has 0 atom stereocenters. The van der Waals surface area contributed by atoms with Gasteiger partial charge in [-0.2, -0.15) is 0 Å².